The molecule has 1 aliphatic rings. The zero-order chi connectivity index (χ0) is 18.8. The Morgan fingerprint density at radius 1 is 1.35 bits per heavy atom. The molecule has 0 amide bonds. The third-order valence-corrected chi connectivity index (χ3v) is 4.15. The molecule has 0 spiro atoms. The molecule has 0 saturated heterocycles. The second kappa shape index (κ2) is 6.49. The van der Waals surface area contributed by atoms with Gasteiger partial charge in [-0.2, -0.15) is 10.5 Å². The predicted molar refractivity (Wildman–Crippen MR) is 96.9 cm³/mol. The van der Waals surface area contributed by atoms with Gasteiger partial charge in [-0.05, 0) is 24.1 Å². The van der Waals surface area contributed by atoms with E-state index in [4.69, 9.17) is 16.7 Å². The van der Waals surface area contributed by atoms with Crippen molar-refractivity contribution in [3.05, 3.63) is 40.5 Å². The molecule has 0 radical (unpaired) electrons. The lowest BCUT2D eigenvalue weighted by Crippen LogP contribution is -2.32. The Labute approximate surface area is 149 Å². The standard InChI is InChI=1S/C17H16N8O/c1-2-8-3-4-11(26)9(5-8)14-12-13(20)10(6-18)15(21)24-16(12)25-17(23-14)22-7-19/h3-5,14,26H,2H2,1H3,(H6,20,21,22,23,24,25). The van der Waals surface area contributed by atoms with Crippen LogP contribution in [0.5, 0.6) is 5.75 Å². The Bertz CT molecular complexity index is 999. The van der Waals surface area contributed by atoms with Gasteiger partial charge in [-0.25, -0.2) is 9.98 Å². The zero-order valence-electron chi connectivity index (χ0n) is 13.9. The summed E-state index contributed by atoms with van der Waals surface area (Å²) in [6.07, 6.45) is 2.54. The van der Waals surface area contributed by atoms with Crippen molar-refractivity contribution in [2.45, 2.75) is 19.4 Å². The largest absolute Gasteiger partial charge is 0.508 e. The number of nitrogens with two attached hydrogens (primary N) is 2. The first-order valence-electron chi connectivity index (χ1n) is 7.80. The minimum atomic E-state index is -0.756. The average Bonchev–Trinajstić information content (AvgIpc) is 2.62. The number of guanidine groups is 1. The predicted octanol–water partition coefficient (Wildman–Crippen LogP) is 1.33. The molecule has 3 rings (SSSR count). The van der Waals surface area contributed by atoms with E-state index in [2.05, 4.69) is 20.6 Å². The molecular weight excluding hydrogens is 332 g/mol. The summed E-state index contributed by atoms with van der Waals surface area (Å²) in [6.45, 7) is 1.99. The van der Waals surface area contributed by atoms with E-state index in [0.717, 1.165) is 12.0 Å². The molecule has 1 unspecified atom stereocenters. The lowest BCUT2D eigenvalue weighted by atomic mass is 9.93. The van der Waals surface area contributed by atoms with Crippen LogP contribution in [-0.4, -0.2) is 16.1 Å². The van der Waals surface area contributed by atoms with Crippen molar-refractivity contribution in [3.8, 4) is 18.0 Å². The molecule has 0 bridgehead atoms. The van der Waals surface area contributed by atoms with E-state index in [1.165, 1.54) is 0 Å². The van der Waals surface area contributed by atoms with Crippen molar-refractivity contribution in [2.24, 2.45) is 4.99 Å². The lowest BCUT2D eigenvalue weighted by molar-refractivity contribution is 0.465. The van der Waals surface area contributed by atoms with Gasteiger partial charge in [0.2, 0.25) is 5.96 Å². The molecule has 0 saturated carbocycles. The molecule has 9 heteroatoms. The highest BCUT2D eigenvalue weighted by atomic mass is 16.3. The molecule has 1 aromatic heterocycles. The Morgan fingerprint density at radius 2 is 2.12 bits per heavy atom. The number of nitrogens with one attached hydrogen (secondary N) is 2. The van der Waals surface area contributed by atoms with Gasteiger partial charge < -0.3 is 21.9 Å². The summed E-state index contributed by atoms with van der Waals surface area (Å²) in [5, 5.41) is 33.8. The number of pyridine rings is 1. The number of hydrogen-bond acceptors (Lipinski definition) is 9. The Morgan fingerprint density at radius 3 is 2.77 bits per heavy atom. The van der Waals surface area contributed by atoms with Crippen molar-refractivity contribution >= 4 is 23.3 Å². The van der Waals surface area contributed by atoms with E-state index in [9.17, 15) is 10.4 Å². The topological polar surface area (TPSA) is 169 Å². The maximum absolute atomic E-state index is 10.4. The van der Waals surface area contributed by atoms with Gasteiger partial charge in [0.1, 0.15) is 35.1 Å². The van der Waals surface area contributed by atoms with E-state index >= 15 is 0 Å². The van der Waals surface area contributed by atoms with E-state index in [0.29, 0.717) is 11.1 Å². The molecule has 1 atom stereocenters. The molecule has 1 aromatic carbocycles. The summed E-state index contributed by atoms with van der Waals surface area (Å²) in [5.41, 5.74) is 14.1. The van der Waals surface area contributed by atoms with Gasteiger partial charge in [-0.15, -0.1) is 0 Å². The highest BCUT2D eigenvalue weighted by molar-refractivity contribution is 5.98. The number of aromatic nitrogens is 1. The van der Waals surface area contributed by atoms with E-state index in [1.807, 2.05) is 25.1 Å². The molecule has 0 fully saturated rings. The second-order valence-electron chi connectivity index (χ2n) is 5.65. The van der Waals surface area contributed by atoms with Gasteiger partial charge in [-0.3, -0.25) is 5.32 Å². The number of fused-ring (bicyclic) bond motifs is 1. The number of benzene rings is 1. The second-order valence-corrected chi connectivity index (χ2v) is 5.65. The molecule has 9 nitrogen and oxygen atoms in total. The number of phenols is 1. The highest BCUT2D eigenvalue weighted by Crippen LogP contribution is 2.43. The molecule has 2 heterocycles. The van der Waals surface area contributed by atoms with Crippen LogP contribution in [0.25, 0.3) is 0 Å². The van der Waals surface area contributed by atoms with Crippen LogP contribution in [0.2, 0.25) is 0 Å². The van der Waals surface area contributed by atoms with Gasteiger partial charge >= 0.3 is 0 Å². The van der Waals surface area contributed by atoms with Crippen molar-refractivity contribution in [2.75, 3.05) is 16.8 Å². The first-order chi connectivity index (χ1) is 12.5. The fourth-order valence-electron chi connectivity index (χ4n) is 2.85. The number of aliphatic imine (C=N–C) groups is 1. The average molecular weight is 348 g/mol. The number of nitriles is 2. The van der Waals surface area contributed by atoms with Gasteiger partial charge in [0, 0.05) is 11.1 Å². The molecule has 2 aromatic rings. The fourth-order valence-corrected chi connectivity index (χ4v) is 2.85. The number of aryl methyl sites for hydroxylation is 1. The maximum atomic E-state index is 10.4. The normalized spacial score (nSPS) is 15.0. The first kappa shape index (κ1) is 16.9. The summed E-state index contributed by atoms with van der Waals surface area (Å²) in [4.78, 5) is 8.61. The fraction of sp³-hybridized carbons (Fsp3) is 0.176. The van der Waals surface area contributed by atoms with E-state index in [1.54, 1.807) is 12.3 Å². The number of aromatic hydroxyl groups is 1. The number of anilines is 3. The molecule has 130 valence electrons. The Kier molecular flexibility index (Phi) is 4.21. The highest BCUT2D eigenvalue weighted by Gasteiger charge is 2.31. The molecule has 1 aliphatic heterocycles. The van der Waals surface area contributed by atoms with Crippen LogP contribution in [0, 0.1) is 22.8 Å². The Balaban J connectivity index is 2.29. The smallest absolute Gasteiger partial charge is 0.211 e. The molecule has 0 aliphatic carbocycles. The SMILES string of the molecule is CCc1ccc(O)c(C2N=C(NC#N)Nc3nc(N)c(C#N)c(N)c32)c1. The molecule has 7 N–H and O–H groups in total. The van der Waals surface area contributed by atoms with Gasteiger partial charge in [0.25, 0.3) is 0 Å². The van der Waals surface area contributed by atoms with E-state index < -0.39 is 6.04 Å². The van der Waals surface area contributed by atoms with Crippen molar-refractivity contribution in [3.63, 3.8) is 0 Å². The number of rotatable bonds is 2. The summed E-state index contributed by atoms with van der Waals surface area (Å²) < 4.78 is 0. The number of nitrogens with zero attached hydrogens (tertiary/aromatic N) is 4. The van der Waals surface area contributed by atoms with E-state index in [-0.39, 0.29) is 34.6 Å². The van der Waals surface area contributed by atoms with Gasteiger partial charge in [0.05, 0.1) is 5.69 Å². The third kappa shape index (κ3) is 2.68. The number of phenolic OH excluding ortho intramolecular Hbond substituents is 1. The van der Waals surface area contributed by atoms with Crippen LogP contribution >= 0.6 is 0 Å². The van der Waals surface area contributed by atoms with Gasteiger partial charge in [0.15, 0.2) is 6.19 Å². The van der Waals surface area contributed by atoms with Gasteiger partial charge in [-0.1, -0.05) is 13.0 Å². The van der Waals surface area contributed by atoms with Crippen molar-refractivity contribution in [1.82, 2.24) is 10.3 Å². The minimum Gasteiger partial charge on any atom is -0.508 e. The number of hydrogen-bond donors (Lipinski definition) is 5. The van der Waals surface area contributed by atoms with Crippen LogP contribution in [0.15, 0.2) is 23.2 Å². The summed E-state index contributed by atoms with van der Waals surface area (Å²) in [6, 6.07) is 6.38. The van der Waals surface area contributed by atoms with Crippen LogP contribution in [0.4, 0.5) is 17.3 Å². The van der Waals surface area contributed by atoms with Crippen LogP contribution in [0.3, 0.4) is 0 Å². The first-order valence-corrected chi connectivity index (χ1v) is 7.80. The zero-order valence-corrected chi connectivity index (χ0v) is 13.9. The Hall–Kier alpha value is -3.98. The van der Waals surface area contributed by atoms with Crippen molar-refractivity contribution < 1.29 is 5.11 Å². The summed E-state index contributed by atoms with van der Waals surface area (Å²) >= 11 is 0. The molecular formula is C17H16N8O. The van der Waals surface area contributed by atoms with Crippen LogP contribution < -0.4 is 22.1 Å². The maximum Gasteiger partial charge on any atom is 0.211 e. The minimum absolute atomic E-state index is 0.0230. The summed E-state index contributed by atoms with van der Waals surface area (Å²) in [7, 11) is 0. The third-order valence-electron chi connectivity index (χ3n) is 4.15. The monoisotopic (exact) mass is 348 g/mol. The van der Waals surface area contributed by atoms with Crippen molar-refractivity contribution in [1.29, 1.82) is 10.5 Å². The summed E-state index contributed by atoms with van der Waals surface area (Å²) in [5.74, 6) is 0.412. The van der Waals surface area contributed by atoms with Crippen LogP contribution in [-0.2, 0) is 6.42 Å². The lowest BCUT2D eigenvalue weighted by Gasteiger charge is -2.26. The number of nitrogen functional groups attached to an aromatic ring is 2. The molecule has 26 heavy (non-hydrogen) atoms. The quantitative estimate of drug-likeness (QED) is 0.400. The van der Waals surface area contributed by atoms with Crippen LogP contribution in [0.1, 0.15) is 35.2 Å².